The Morgan fingerprint density at radius 3 is 2.42 bits per heavy atom. The van der Waals surface area contributed by atoms with Gasteiger partial charge in [0.1, 0.15) is 17.2 Å². The third-order valence-electron chi connectivity index (χ3n) is 3.89. The van der Waals surface area contributed by atoms with E-state index in [4.69, 9.17) is 4.98 Å². The molecule has 1 N–H and O–H groups in total. The Morgan fingerprint density at radius 2 is 1.75 bits per heavy atom. The molecule has 0 spiro atoms. The second-order valence-corrected chi connectivity index (χ2v) is 7.28. The van der Waals surface area contributed by atoms with E-state index >= 15 is 0 Å². The highest BCUT2D eigenvalue weighted by Gasteiger charge is 2.19. The van der Waals surface area contributed by atoms with Crippen LogP contribution in [-0.2, 0) is 0 Å². The summed E-state index contributed by atoms with van der Waals surface area (Å²) in [6.07, 6.45) is 2.19. The quantitative estimate of drug-likeness (QED) is 0.699. The van der Waals surface area contributed by atoms with Crippen molar-refractivity contribution in [1.29, 1.82) is 0 Å². The van der Waals surface area contributed by atoms with Crippen LogP contribution in [0.5, 0.6) is 0 Å². The lowest BCUT2D eigenvalue weighted by atomic mass is 10.1. The number of nitrogens with one attached hydrogen (secondary N) is 1. The summed E-state index contributed by atoms with van der Waals surface area (Å²) in [7, 11) is 0. The van der Waals surface area contributed by atoms with Gasteiger partial charge in [-0.2, -0.15) is 0 Å². The van der Waals surface area contributed by atoms with Gasteiger partial charge in [-0.3, -0.25) is 4.40 Å². The maximum absolute atomic E-state index is 4.89. The van der Waals surface area contributed by atoms with Crippen molar-refractivity contribution >= 4 is 23.1 Å². The Hall–Kier alpha value is -2.55. The first-order chi connectivity index (χ1) is 11.3. The van der Waals surface area contributed by atoms with Crippen LogP contribution in [0.15, 0.2) is 48.5 Å². The first-order valence-electron chi connectivity index (χ1n) is 8.35. The van der Waals surface area contributed by atoms with E-state index in [1.807, 2.05) is 6.07 Å². The summed E-state index contributed by atoms with van der Waals surface area (Å²) in [5.74, 6) is 1.06. The zero-order valence-electron chi connectivity index (χ0n) is 15.1. The molecule has 3 heteroatoms. The first kappa shape index (κ1) is 16.3. The standard InChI is InChI=1S/C21H25N3/c1-15(14-17-11-7-6-8-12-17)19-20(23-21(3,4)5)24-16(2)10-9-13-18(24)22-19/h6-14,23H,1-5H3/b15-14+. The second kappa shape index (κ2) is 6.16. The molecule has 0 aliphatic heterocycles. The van der Waals surface area contributed by atoms with Crippen molar-refractivity contribution in [2.75, 3.05) is 5.32 Å². The number of aromatic nitrogens is 2. The Bertz CT molecular complexity index is 881. The zero-order valence-corrected chi connectivity index (χ0v) is 15.1. The maximum Gasteiger partial charge on any atom is 0.139 e. The summed E-state index contributed by atoms with van der Waals surface area (Å²) < 4.78 is 2.20. The van der Waals surface area contributed by atoms with Crippen LogP contribution < -0.4 is 5.32 Å². The Kier molecular flexibility index (Phi) is 4.18. The molecular weight excluding hydrogens is 294 g/mol. The van der Waals surface area contributed by atoms with Crippen LogP contribution in [0, 0.1) is 6.92 Å². The minimum absolute atomic E-state index is 0.0416. The lowest BCUT2D eigenvalue weighted by molar-refractivity contribution is 0.628. The number of pyridine rings is 1. The van der Waals surface area contributed by atoms with Gasteiger partial charge in [0.25, 0.3) is 0 Å². The molecule has 0 atom stereocenters. The third kappa shape index (κ3) is 3.35. The molecule has 0 unspecified atom stereocenters. The average Bonchev–Trinajstić information content (AvgIpc) is 2.86. The minimum Gasteiger partial charge on any atom is -0.365 e. The van der Waals surface area contributed by atoms with E-state index in [0.717, 1.165) is 22.7 Å². The molecule has 0 bridgehead atoms. The van der Waals surface area contributed by atoms with Crippen molar-refractivity contribution < 1.29 is 0 Å². The van der Waals surface area contributed by atoms with Crippen molar-refractivity contribution in [1.82, 2.24) is 9.38 Å². The largest absolute Gasteiger partial charge is 0.365 e. The van der Waals surface area contributed by atoms with E-state index in [0.29, 0.717) is 0 Å². The van der Waals surface area contributed by atoms with Crippen molar-refractivity contribution in [3.05, 3.63) is 65.5 Å². The van der Waals surface area contributed by atoms with Crippen LogP contribution >= 0.6 is 0 Å². The summed E-state index contributed by atoms with van der Waals surface area (Å²) in [6, 6.07) is 16.6. The topological polar surface area (TPSA) is 29.3 Å². The van der Waals surface area contributed by atoms with Crippen molar-refractivity contribution in [2.45, 2.75) is 40.2 Å². The van der Waals surface area contributed by atoms with Gasteiger partial charge in [0, 0.05) is 11.2 Å². The van der Waals surface area contributed by atoms with Crippen molar-refractivity contribution in [2.24, 2.45) is 0 Å². The molecule has 0 fully saturated rings. The second-order valence-electron chi connectivity index (χ2n) is 7.28. The van der Waals surface area contributed by atoms with E-state index < -0.39 is 0 Å². The number of hydrogen-bond donors (Lipinski definition) is 1. The zero-order chi connectivity index (χ0) is 17.3. The third-order valence-corrected chi connectivity index (χ3v) is 3.89. The number of hydrogen-bond acceptors (Lipinski definition) is 2. The highest BCUT2D eigenvalue weighted by Crippen LogP contribution is 2.29. The molecule has 2 heterocycles. The Labute approximate surface area is 144 Å². The summed E-state index contributed by atoms with van der Waals surface area (Å²) in [4.78, 5) is 4.89. The van der Waals surface area contributed by atoms with Gasteiger partial charge in [-0.1, -0.05) is 36.4 Å². The van der Waals surface area contributed by atoms with Crippen LogP contribution in [0.3, 0.4) is 0 Å². The SMILES string of the molecule is C/C(=C\c1ccccc1)c1nc2cccc(C)n2c1NC(C)(C)C. The smallest absolute Gasteiger partial charge is 0.139 e. The summed E-state index contributed by atoms with van der Waals surface area (Å²) in [5.41, 5.74) is 5.44. The molecule has 0 aliphatic rings. The number of allylic oxidation sites excluding steroid dienone is 1. The van der Waals surface area contributed by atoms with Crippen molar-refractivity contribution in [3.8, 4) is 0 Å². The molecular formula is C21H25N3. The number of aryl methyl sites for hydroxylation is 1. The molecule has 24 heavy (non-hydrogen) atoms. The van der Waals surface area contributed by atoms with Gasteiger partial charge >= 0.3 is 0 Å². The summed E-state index contributed by atoms with van der Waals surface area (Å²) >= 11 is 0. The average molecular weight is 319 g/mol. The fraction of sp³-hybridized carbons (Fsp3) is 0.286. The van der Waals surface area contributed by atoms with Gasteiger partial charge in [0.05, 0.1) is 0 Å². The van der Waals surface area contributed by atoms with E-state index in [1.54, 1.807) is 0 Å². The van der Waals surface area contributed by atoms with E-state index in [1.165, 1.54) is 11.3 Å². The number of rotatable bonds is 3. The first-order valence-corrected chi connectivity index (χ1v) is 8.35. The monoisotopic (exact) mass is 319 g/mol. The van der Waals surface area contributed by atoms with Gasteiger partial charge < -0.3 is 5.32 Å². The molecule has 2 aromatic heterocycles. The Balaban J connectivity index is 2.18. The van der Waals surface area contributed by atoms with Crippen LogP contribution in [0.2, 0.25) is 0 Å². The lowest BCUT2D eigenvalue weighted by Gasteiger charge is -2.23. The van der Waals surface area contributed by atoms with Gasteiger partial charge in [-0.15, -0.1) is 0 Å². The molecule has 3 rings (SSSR count). The number of imidazole rings is 1. The number of fused-ring (bicyclic) bond motifs is 1. The lowest BCUT2D eigenvalue weighted by Crippen LogP contribution is -2.27. The highest BCUT2D eigenvalue weighted by molar-refractivity contribution is 5.85. The van der Waals surface area contributed by atoms with Crippen LogP contribution in [-0.4, -0.2) is 14.9 Å². The fourth-order valence-electron chi connectivity index (χ4n) is 2.87. The van der Waals surface area contributed by atoms with Crippen LogP contribution in [0.25, 0.3) is 17.3 Å². The molecule has 0 saturated carbocycles. The van der Waals surface area contributed by atoms with Gasteiger partial charge in [0.2, 0.25) is 0 Å². The molecule has 0 aliphatic carbocycles. The maximum atomic E-state index is 4.89. The highest BCUT2D eigenvalue weighted by atomic mass is 15.2. The summed E-state index contributed by atoms with van der Waals surface area (Å²) in [5, 5.41) is 3.64. The van der Waals surface area contributed by atoms with Crippen molar-refractivity contribution in [3.63, 3.8) is 0 Å². The minimum atomic E-state index is -0.0416. The number of nitrogens with zero attached hydrogens (tertiary/aromatic N) is 2. The predicted molar refractivity (Wildman–Crippen MR) is 103 cm³/mol. The molecule has 3 nitrogen and oxygen atoms in total. The van der Waals surface area contributed by atoms with Crippen LogP contribution in [0.4, 0.5) is 5.82 Å². The summed E-state index contributed by atoms with van der Waals surface area (Å²) in [6.45, 7) is 10.8. The van der Waals surface area contributed by atoms with E-state index in [9.17, 15) is 0 Å². The van der Waals surface area contributed by atoms with E-state index in [-0.39, 0.29) is 5.54 Å². The Morgan fingerprint density at radius 1 is 1.04 bits per heavy atom. The van der Waals surface area contributed by atoms with Gasteiger partial charge in [0.15, 0.2) is 0 Å². The van der Waals surface area contributed by atoms with Gasteiger partial charge in [-0.05, 0) is 64.0 Å². The number of benzene rings is 1. The molecule has 0 radical (unpaired) electrons. The molecule has 0 amide bonds. The molecule has 1 aromatic carbocycles. The fourth-order valence-corrected chi connectivity index (χ4v) is 2.87. The number of anilines is 1. The normalized spacial score (nSPS) is 12.6. The van der Waals surface area contributed by atoms with Crippen LogP contribution in [0.1, 0.15) is 44.6 Å². The molecule has 3 aromatic rings. The van der Waals surface area contributed by atoms with Gasteiger partial charge in [-0.25, -0.2) is 4.98 Å². The van der Waals surface area contributed by atoms with E-state index in [2.05, 4.69) is 92.9 Å². The molecule has 0 saturated heterocycles. The molecule has 124 valence electrons. The predicted octanol–water partition coefficient (Wildman–Crippen LogP) is 5.41.